The van der Waals surface area contributed by atoms with Gasteiger partial charge in [-0.2, -0.15) is 0 Å². The molecule has 0 aromatic heterocycles. The Labute approximate surface area is 115 Å². The molecule has 0 amide bonds. The number of fused-ring (bicyclic) bond motifs is 1. The van der Waals surface area contributed by atoms with Crippen molar-refractivity contribution in [2.24, 2.45) is 11.8 Å². The van der Waals surface area contributed by atoms with Gasteiger partial charge in [-0.05, 0) is 60.8 Å². The SMILES string of the molecule is CC(C)C1CCCC(O)(c2ccc3c(c2)CCO3)C1. The third kappa shape index (κ3) is 2.38. The predicted octanol–water partition coefficient (Wildman–Crippen LogP) is 3.66. The van der Waals surface area contributed by atoms with E-state index in [1.54, 1.807) is 0 Å². The molecule has 0 radical (unpaired) electrons. The van der Waals surface area contributed by atoms with Gasteiger partial charge in [-0.25, -0.2) is 0 Å². The van der Waals surface area contributed by atoms with Crippen LogP contribution in [0.1, 0.15) is 50.7 Å². The number of aliphatic hydroxyl groups is 1. The maximum atomic E-state index is 11.1. The molecule has 2 aliphatic rings. The molecule has 0 saturated heterocycles. The van der Waals surface area contributed by atoms with Crippen molar-refractivity contribution in [2.45, 2.75) is 51.6 Å². The second kappa shape index (κ2) is 4.82. The summed E-state index contributed by atoms with van der Waals surface area (Å²) in [6, 6.07) is 6.27. The van der Waals surface area contributed by atoms with Crippen molar-refractivity contribution in [3.05, 3.63) is 29.3 Å². The maximum absolute atomic E-state index is 11.1. The highest BCUT2D eigenvalue weighted by Gasteiger charge is 2.37. The van der Waals surface area contributed by atoms with Crippen molar-refractivity contribution in [1.82, 2.24) is 0 Å². The minimum absolute atomic E-state index is 0.620. The summed E-state index contributed by atoms with van der Waals surface area (Å²) in [6.07, 6.45) is 5.17. The second-order valence-electron chi connectivity index (χ2n) is 6.55. The quantitative estimate of drug-likeness (QED) is 0.879. The van der Waals surface area contributed by atoms with Gasteiger partial charge in [-0.1, -0.05) is 19.9 Å². The van der Waals surface area contributed by atoms with E-state index in [1.807, 2.05) is 6.07 Å². The van der Waals surface area contributed by atoms with E-state index >= 15 is 0 Å². The van der Waals surface area contributed by atoms with Crippen molar-refractivity contribution in [3.63, 3.8) is 0 Å². The van der Waals surface area contributed by atoms with Crippen LogP contribution in [0.25, 0.3) is 0 Å². The van der Waals surface area contributed by atoms with E-state index < -0.39 is 5.60 Å². The van der Waals surface area contributed by atoms with Gasteiger partial charge in [-0.3, -0.25) is 0 Å². The van der Waals surface area contributed by atoms with Gasteiger partial charge in [0.15, 0.2) is 0 Å². The predicted molar refractivity (Wildman–Crippen MR) is 76.3 cm³/mol. The molecule has 2 nitrogen and oxygen atoms in total. The summed E-state index contributed by atoms with van der Waals surface area (Å²) in [7, 11) is 0. The molecule has 1 aromatic rings. The van der Waals surface area contributed by atoms with E-state index in [-0.39, 0.29) is 0 Å². The van der Waals surface area contributed by atoms with E-state index in [9.17, 15) is 5.11 Å². The number of rotatable bonds is 2. The van der Waals surface area contributed by atoms with Gasteiger partial charge < -0.3 is 9.84 Å². The molecule has 19 heavy (non-hydrogen) atoms. The fourth-order valence-electron chi connectivity index (χ4n) is 3.60. The Bertz CT molecular complexity index is 466. The normalized spacial score (nSPS) is 30.2. The Kier molecular flexibility index (Phi) is 3.30. The highest BCUT2D eigenvalue weighted by atomic mass is 16.5. The minimum atomic E-state index is -0.620. The molecule has 1 aliphatic carbocycles. The molecule has 1 aromatic carbocycles. The number of hydrogen-bond donors (Lipinski definition) is 1. The van der Waals surface area contributed by atoms with Crippen LogP contribution in [-0.4, -0.2) is 11.7 Å². The molecule has 0 spiro atoms. The van der Waals surface area contributed by atoms with E-state index in [1.165, 1.54) is 12.0 Å². The van der Waals surface area contributed by atoms with Crippen LogP contribution in [0.5, 0.6) is 5.75 Å². The lowest BCUT2D eigenvalue weighted by Crippen LogP contribution is -2.34. The Hall–Kier alpha value is -1.02. The smallest absolute Gasteiger partial charge is 0.122 e. The summed E-state index contributed by atoms with van der Waals surface area (Å²) in [4.78, 5) is 0. The molecule has 104 valence electrons. The molecular weight excluding hydrogens is 236 g/mol. The molecule has 1 aliphatic heterocycles. The molecule has 3 rings (SSSR count). The van der Waals surface area contributed by atoms with Crippen LogP contribution in [0, 0.1) is 11.8 Å². The van der Waals surface area contributed by atoms with Gasteiger partial charge in [-0.15, -0.1) is 0 Å². The lowest BCUT2D eigenvalue weighted by molar-refractivity contribution is -0.0295. The first-order valence-electron chi connectivity index (χ1n) is 7.57. The van der Waals surface area contributed by atoms with Crippen molar-refractivity contribution in [1.29, 1.82) is 0 Å². The van der Waals surface area contributed by atoms with Crippen molar-refractivity contribution in [2.75, 3.05) is 6.61 Å². The summed E-state index contributed by atoms with van der Waals surface area (Å²) in [5.41, 5.74) is 1.74. The third-order valence-electron chi connectivity index (χ3n) is 4.93. The van der Waals surface area contributed by atoms with Crippen LogP contribution in [-0.2, 0) is 12.0 Å². The van der Waals surface area contributed by atoms with Crippen molar-refractivity contribution >= 4 is 0 Å². The highest BCUT2D eigenvalue weighted by Crippen LogP contribution is 2.43. The summed E-state index contributed by atoms with van der Waals surface area (Å²) < 4.78 is 5.55. The van der Waals surface area contributed by atoms with Gasteiger partial charge in [0.2, 0.25) is 0 Å². The zero-order valence-electron chi connectivity index (χ0n) is 12.0. The summed E-state index contributed by atoms with van der Waals surface area (Å²) in [6.45, 7) is 5.33. The lowest BCUT2D eigenvalue weighted by Gasteiger charge is -2.39. The van der Waals surface area contributed by atoms with Gasteiger partial charge in [0.25, 0.3) is 0 Å². The Balaban J connectivity index is 1.87. The summed E-state index contributed by atoms with van der Waals surface area (Å²) in [5, 5.41) is 11.1. The number of hydrogen-bond acceptors (Lipinski definition) is 2. The fraction of sp³-hybridized carbons (Fsp3) is 0.647. The zero-order chi connectivity index (χ0) is 13.5. The highest BCUT2D eigenvalue weighted by molar-refractivity contribution is 5.41. The van der Waals surface area contributed by atoms with E-state index in [2.05, 4.69) is 26.0 Å². The average molecular weight is 260 g/mol. The molecular formula is C17H24O2. The Morgan fingerprint density at radius 3 is 3.00 bits per heavy atom. The van der Waals surface area contributed by atoms with Crippen LogP contribution in [0.3, 0.4) is 0 Å². The fourth-order valence-corrected chi connectivity index (χ4v) is 3.60. The van der Waals surface area contributed by atoms with Crippen LogP contribution >= 0.6 is 0 Å². The standard InChI is InChI=1S/C17H24O2/c1-12(2)14-4-3-8-17(18,11-14)15-5-6-16-13(10-15)7-9-19-16/h5-6,10,12,14,18H,3-4,7-9,11H2,1-2H3. The molecule has 1 fully saturated rings. The molecule has 1 saturated carbocycles. The number of ether oxygens (including phenoxy) is 1. The van der Waals surface area contributed by atoms with Crippen LogP contribution in [0.2, 0.25) is 0 Å². The van der Waals surface area contributed by atoms with Crippen molar-refractivity contribution in [3.8, 4) is 5.75 Å². The van der Waals surface area contributed by atoms with E-state index in [0.29, 0.717) is 11.8 Å². The van der Waals surface area contributed by atoms with Gasteiger partial charge in [0.1, 0.15) is 5.75 Å². The van der Waals surface area contributed by atoms with Gasteiger partial charge in [0.05, 0.1) is 12.2 Å². The van der Waals surface area contributed by atoms with Crippen LogP contribution in [0.15, 0.2) is 18.2 Å². The zero-order valence-corrected chi connectivity index (χ0v) is 12.0. The molecule has 2 atom stereocenters. The molecule has 2 heteroatoms. The second-order valence-corrected chi connectivity index (χ2v) is 6.55. The van der Waals surface area contributed by atoms with Crippen LogP contribution < -0.4 is 4.74 Å². The van der Waals surface area contributed by atoms with Gasteiger partial charge in [0, 0.05) is 6.42 Å². The largest absolute Gasteiger partial charge is 0.493 e. The summed E-state index contributed by atoms with van der Waals surface area (Å²) >= 11 is 0. The van der Waals surface area contributed by atoms with Crippen molar-refractivity contribution < 1.29 is 9.84 Å². The van der Waals surface area contributed by atoms with Crippen LogP contribution in [0.4, 0.5) is 0 Å². The molecule has 0 bridgehead atoms. The monoisotopic (exact) mass is 260 g/mol. The van der Waals surface area contributed by atoms with E-state index in [4.69, 9.17) is 4.74 Å². The first kappa shape index (κ1) is 13.0. The Morgan fingerprint density at radius 1 is 1.37 bits per heavy atom. The number of benzene rings is 1. The van der Waals surface area contributed by atoms with Gasteiger partial charge >= 0.3 is 0 Å². The summed E-state index contributed by atoms with van der Waals surface area (Å²) in [5.74, 6) is 2.30. The minimum Gasteiger partial charge on any atom is -0.493 e. The maximum Gasteiger partial charge on any atom is 0.122 e. The first-order chi connectivity index (χ1) is 9.08. The topological polar surface area (TPSA) is 29.5 Å². The average Bonchev–Trinajstić information content (AvgIpc) is 2.86. The molecule has 2 unspecified atom stereocenters. The Morgan fingerprint density at radius 2 is 2.21 bits per heavy atom. The molecule has 1 heterocycles. The third-order valence-corrected chi connectivity index (χ3v) is 4.93. The lowest BCUT2D eigenvalue weighted by atomic mass is 9.71. The van der Waals surface area contributed by atoms with E-state index in [0.717, 1.165) is 43.6 Å². The molecule has 1 N–H and O–H groups in total. The first-order valence-corrected chi connectivity index (χ1v) is 7.57.